The first-order valence-corrected chi connectivity index (χ1v) is 10.8. The molecule has 6 nitrogen and oxygen atoms in total. The van der Waals surface area contributed by atoms with E-state index in [2.05, 4.69) is 21.6 Å². The summed E-state index contributed by atoms with van der Waals surface area (Å²) in [6, 6.07) is 10.9. The van der Waals surface area contributed by atoms with Crippen LogP contribution >= 0.6 is 0 Å². The zero-order chi connectivity index (χ0) is 22.9. The summed E-state index contributed by atoms with van der Waals surface area (Å²) >= 11 is 0. The van der Waals surface area contributed by atoms with Gasteiger partial charge in [-0.3, -0.25) is 14.5 Å². The Kier molecular flexibility index (Phi) is 8.56. The number of rotatable bonds is 9. The molecule has 3 rings (SSSR count). The Balaban J connectivity index is 1.32. The predicted molar refractivity (Wildman–Crippen MR) is 117 cm³/mol. The molecule has 8 heteroatoms. The fraction of sp³-hybridized carbons (Fsp3) is 0.417. The number of piperidine rings is 1. The minimum Gasteiger partial charge on any atom is -0.496 e. The summed E-state index contributed by atoms with van der Waals surface area (Å²) in [6.45, 7) is 2.84. The highest BCUT2D eigenvalue weighted by molar-refractivity contribution is 5.94. The fourth-order valence-electron chi connectivity index (χ4n) is 3.83. The van der Waals surface area contributed by atoms with Gasteiger partial charge in [0.05, 0.1) is 12.7 Å². The molecule has 0 aliphatic carbocycles. The molecule has 0 unspecified atom stereocenters. The maximum absolute atomic E-state index is 13.6. The van der Waals surface area contributed by atoms with Crippen molar-refractivity contribution in [2.24, 2.45) is 0 Å². The van der Waals surface area contributed by atoms with Crippen LogP contribution in [0.25, 0.3) is 0 Å². The first-order chi connectivity index (χ1) is 15.5. The van der Waals surface area contributed by atoms with Crippen LogP contribution in [0.3, 0.4) is 0 Å². The maximum Gasteiger partial charge on any atom is 0.254 e. The van der Waals surface area contributed by atoms with E-state index in [-0.39, 0.29) is 30.5 Å². The van der Waals surface area contributed by atoms with Gasteiger partial charge in [0.15, 0.2) is 0 Å². The SMILES string of the molecule is COc1ccccc1CN1CCC(NC(=O)CCCNC(=O)c2ccc(F)cc2F)CC1. The lowest BCUT2D eigenvalue weighted by Gasteiger charge is -2.32. The largest absolute Gasteiger partial charge is 0.496 e. The van der Waals surface area contributed by atoms with Gasteiger partial charge < -0.3 is 15.4 Å². The molecule has 1 saturated heterocycles. The quantitative estimate of drug-likeness (QED) is 0.582. The van der Waals surface area contributed by atoms with Gasteiger partial charge in [0.25, 0.3) is 5.91 Å². The summed E-state index contributed by atoms with van der Waals surface area (Å²) < 4.78 is 32.0. The number of benzene rings is 2. The number of hydrogen-bond donors (Lipinski definition) is 2. The lowest BCUT2D eigenvalue weighted by atomic mass is 10.0. The van der Waals surface area contributed by atoms with Crippen molar-refractivity contribution in [2.75, 3.05) is 26.7 Å². The summed E-state index contributed by atoms with van der Waals surface area (Å²) in [5.74, 6) is -1.43. The number of halogens is 2. The van der Waals surface area contributed by atoms with Crippen molar-refractivity contribution in [3.05, 3.63) is 65.2 Å². The van der Waals surface area contributed by atoms with Crippen LogP contribution in [-0.2, 0) is 11.3 Å². The van der Waals surface area contributed by atoms with Crippen LogP contribution in [0.15, 0.2) is 42.5 Å². The molecule has 1 fully saturated rings. The number of carbonyl (C=O) groups is 2. The Bertz CT molecular complexity index is 930. The van der Waals surface area contributed by atoms with Crippen molar-refractivity contribution in [2.45, 2.75) is 38.3 Å². The summed E-state index contributed by atoms with van der Waals surface area (Å²) in [7, 11) is 1.67. The van der Waals surface area contributed by atoms with Gasteiger partial charge in [-0.15, -0.1) is 0 Å². The van der Waals surface area contributed by atoms with E-state index in [1.54, 1.807) is 7.11 Å². The molecule has 2 aromatic rings. The van der Waals surface area contributed by atoms with E-state index >= 15 is 0 Å². The van der Waals surface area contributed by atoms with Gasteiger partial charge in [0.2, 0.25) is 5.91 Å². The molecule has 2 amide bonds. The number of methoxy groups -OCH3 is 1. The molecule has 0 radical (unpaired) electrons. The van der Waals surface area contributed by atoms with E-state index in [0.29, 0.717) is 12.5 Å². The zero-order valence-corrected chi connectivity index (χ0v) is 18.2. The highest BCUT2D eigenvalue weighted by Gasteiger charge is 2.21. The predicted octanol–water partition coefficient (Wildman–Crippen LogP) is 3.26. The third kappa shape index (κ3) is 6.75. The Hall–Kier alpha value is -3.00. The van der Waals surface area contributed by atoms with E-state index in [9.17, 15) is 18.4 Å². The number of ether oxygens (including phenoxy) is 1. The first kappa shape index (κ1) is 23.7. The minimum atomic E-state index is -0.905. The highest BCUT2D eigenvalue weighted by atomic mass is 19.1. The van der Waals surface area contributed by atoms with Crippen LogP contribution in [0.1, 0.15) is 41.6 Å². The number of hydrogen-bond acceptors (Lipinski definition) is 4. The smallest absolute Gasteiger partial charge is 0.254 e. The van der Waals surface area contributed by atoms with Gasteiger partial charge >= 0.3 is 0 Å². The summed E-state index contributed by atoms with van der Waals surface area (Å²) in [5, 5.41) is 5.61. The molecule has 1 heterocycles. The molecular formula is C24H29F2N3O3. The van der Waals surface area contributed by atoms with Crippen molar-refractivity contribution in [3.63, 3.8) is 0 Å². The van der Waals surface area contributed by atoms with Crippen LogP contribution in [0.2, 0.25) is 0 Å². The molecule has 1 aliphatic rings. The van der Waals surface area contributed by atoms with Crippen molar-refractivity contribution in [1.82, 2.24) is 15.5 Å². The van der Waals surface area contributed by atoms with E-state index in [1.807, 2.05) is 18.2 Å². The number of amides is 2. The molecule has 32 heavy (non-hydrogen) atoms. The molecular weight excluding hydrogens is 416 g/mol. The second-order valence-electron chi connectivity index (χ2n) is 7.91. The van der Waals surface area contributed by atoms with Crippen LogP contribution in [0.4, 0.5) is 8.78 Å². The summed E-state index contributed by atoms with van der Waals surface area (Å²) in [6.07, 6.45) is 2.46. The standard InChI is InChI=1S/C24H29F2N3O3/c1-32-22-6-3-2-5-17(22)16-29-13-10-19(11-14-29)28-23(30)7-4-12-27-24(31)20-9-8-18(25)15-21(20)26/h2-3,5-6,8-9,15,19H,4,7,10-14,16H2,1H3,(H,27,31)(H,28,30). The lowest BCUT2D eigenvalue weighted by Crippen LogP contribution is -2.44. The monoisotopic (exact) mass is 445 g/mol. The van der Waals surface area contributed by atoms with Crippen LogP contribution < -0.4 is 15.4 Å². The average Bonchev–Trinajstić information content (AvgIpc) is 2.78. The maximum atomic E-state index is 13.6. The number of para-hydroxylation sites is 1. The Morgan fingerprint density at radius 1 is 1.12 bits per heavy atom. The molecule has 1 aliphatic heterocycles. The second kappa shape index (κ2) is 11.6. The van der Waals surface area contributed by atoms with Crippen molar-refractivity contribution >= 4 is 11.8 Å². The fourth-order valence-corrected chi connectivity index (χ4v) is 3.83. The Morgan fingerprint density at radius 2 is 1.88 bits per heavy atom. The Morgan fingerprint density at radius 3 is 2.59 bits per heavy atom. The number of likely N-dealkylation sites (tertiary alicyclic amines) is 1. The van der Waals surface area contributed by atoms with Crippen LogP contribution in [0, 0.1) is 11.6 Å². The van der Waals surface area contributed by atoms with Gasteiger partial charge in [-0.2, -0.15) is 0 Å². The molecule has 0 spiro atoms. The minimum absolute atomic E-state index is 0.0598. The summed E-state index contributed by atoms with van der Waals surface area (Å²) in [4.78, 5) is 26.5. The molecule has 0 aromatic heterocycles. The van der Waals surface area contributed by atoms with Gasteiger partial charge in [0.1, 0.15) is 17.4 Å². The van der Waals surface area contributed by atoms with E-state index < -0.39 is 17.5 Å². The summed E-state index contributed by atoms with van der Waals surface area (Å²) in [5.41, 5.74) is 0.941. The number of nitrogens with one attached hydrogen (secondary N) is 2. The van der Waals surface area contributed by atoms with Gasteiger partial charge in [-0.1, -0.05) is 18.2 Å². The molecule has 2 aromatic carbocycles. The van der Waals surface area contributed by atoms with Crippen LogP contribution in [0.5, 0.6) is 5.75 Å². The van der Waals surface area contributed by atoms with Crippen molar-refractivity contribution in [3.8, 4) is 5.75 Å². The van der Waals surface area contributed by atoms with Crippen molar-refractivity contribution < 1.29 is 23.1 Å². The average molecular weight is 446 g/mol. The molecule has 0 bridgehead atoms. The lowest BCUT2D eigenvalue weighted by molar-refractivity contribution is -0.122. The van der Waals surface area contributed by atoms with E-state index in [4.69, 9.17) is 4.74 Å². The number of carbonyl (C=O) groups excluding carboxylic acids is 2. The Labute approximate surface area is 186 Å². The van der Waals surface area contributed by atoms with Crippen LogP contribution in [-0.4, -0.2) is 49.5 Å². The number of nitrogens with zero attached hydrogens (tertiary/aromatic N) is 1. The third-order valence-electron chi connectivity index (χ3n) is 5.58. The third-order valence-corrected chi connectivity index (χ3v) is 5.58. The zero-order valence-electron chi connectivity index (χ0n) is 18.2. The van der Waals surface area contributed by atoms with E-state index in [1.165, 1.54) is 0 Å². The normalized spacial score (nSPS) is 14.7. The topological polar surface area (TPSA) is 70.7 Å². The highest BCUT2D eigenvalue weighted by Crippen LogP contribution is 2.21. The molecule has 2 N–H and O–H groups in total. The van der Waals surface area contributed by atoms with Gasteiger partial charge in [-0.05, 0) is 37.5 Å². The van der Waals surface area contributed by atoms with Crippen molar-refractivity contribution in [1.29, 1.82) is 0 Å². The molecule has 0 saturated carbocycles. The molecule has 172 valence electrons. The first-order valence-electron chi connectivity index (χ1n) is 10.8. The van der Waals surface area contributed by atoms with Gasteiger partial charge in [-0.25, -0.2) is 8.78 Å². The van der Waals surface area contributed by atoms with E-state index in [0.717, 1.165) is 55.9 Å². The second-order valence-corrected chi connectivity index (χ2v) is 7.91. The van der Waals surface area contributed by atoms with Gasteiger partial charge in [0, 0.05) is 50.3 Å². The molecule has 0 atom stereocenters.